The van der Waals surface area contributed by atoms with Gasteiger partial charge in [0, 0.05) is 12.8 Å². The lowest BCUT2D eigenvalue weighted by atomic mass is 10.2. The predicted molar refractivity (Wildman–Crippen MR) is 69.4 cm³/mol. The monoisotopic (exact) mass is 268 g/mol. The summed E-state index contributed by atoms with van der Waals surface area (Å²) in [6.07, 6.45) is 0.254. The molecule has 1 atom stereocenters. The number of benzene rings is 1. The third-order valence-corrected chi connectivity index (χ3v) is 4.10. The SMILES string of the molecule is CCC(C#N)S(=O)(=O)Nc1cccc(COC)c1. The highest BCUT2D eigenvalue weighted by molar-refractivity contribution is 7.93. The Labute approximate surface area is 107 Å². The lowest BCUT2D eigenvalue weighted by Gasteiger charge is -2.12. The molecule has 5 nitrogen and oxygen atoms in total. The third kappa shape index (κ3) is 3.72. The minimum atomic E-state index is -3.66. The van der Waals surface area contributed by atoms with E-state index in [0.717, 1.165) is 5.56 Å². The summed E-state index contributed by atoms with van der Waals surface area (Å²) < 4.78 is 31.1. The molecule has 18 heavy (non-hydrogen) atoms. The maximum atomic E-state index is 11.9. The van der Waals surface area contributed by atoms with Crippen LogP contribution in [0.5, 0.6) is 0 Å². The molecule has 0 radical (unpaired) electrons. The van der Waals surface area contributed by atoms with Gasteiger partial charge >= 0.3 is 0 Å². The summed E-state index contributed by atoms with van der Waals surface area (Å²) in [6, 6.07) is 8.67. The van der Waals surface area contributed by atoms with E-state index >= 15 is 0 Å². The molecule has 0 fully saturated rings. The smallest absolute Gasteiger partial charge is 0.249 e. The van der Waals surface area contributed by atoms with Gasteiger partial charge in [-0.15, -0.1) is 0 Å². The molecule has 0 aromatic heterocycles. The zero-order valence-corrected chi connectivity index (χ0v) is 11.2. The van der Waals surface area contributed by atoms with E-state index < -0.39 is 15.3 Å². The summed E-state index contributed by atoms with van der Waals surface area (Å²) in [7, 11) is -2.09. The Kier molecular flexibility index (Phi) is 5.13. The fourth-order valence-electron chi connectivity index (χ4n) is 1.51. The van der Waals surface area contributed by atoms with E-state index in [4.69, 9.17) is 10.00 Å². The van der Waals surface area contributed by atoms with Crippen molar-refractivity contribution in [3.05, 3.63) is 29.8 Å². The normalized spacial score (nSPS) is 12.7. The first-order valence-electron chi connectivity index (χ1n) is 5.52. The van der Waals surface area contributed by atoms with Gasteiger partial charge in [0.25, 0.3) is 0 Å². The number of ether oxygens (including phenoxy) is 1. The molecule has 0 saturated carbocycles. The molecule has 1 rings (SSSR count). The van der Waals surface area contributed by atoms with E-state index in [2.05, 4.69) is 4.72 Å². The molecule has 0 aliphatic carbocycles. The predicted octanol–water partition coefficient (Wildman–Crippen LogP) is 1.88. The van der Waals surface area contributed by atoms with E-state index in [1.165, 1.54) is 0 Å². The van der Waals surface area contributed by atoms with Gasteiger partial charge in [-0.3, -0.25) is 4.72 Å². The number of rotatable bonds is 6. The zero-order valence-electron chi connectivity index (χ0n) is 10.4. The van der Waals surface area contributed by atoms with Crippen LogP contribution >= 0.6 is 0 Å². The van der Waals surface area contributed by atoms with Gasteiger partial charge in [-0.05, 0) is 24.1 Å². The van der Waals surface area contributed by atoms with Gasteiger partial charge < -0.3 is 4.74 Å². The molecule has 1 aromatic carbocycles. The zero-order chi connectivity index (χ0) is 13.6. The average molecular weight is 268 g/mol. The van der Waals surface area contributed by atoms with Crippen LogP contribution in [-0.4, -0.2) is 20.8 Å². The minimum absolute atomic E-state index is 0.254. The molecular formula is C12H16N2O3S. The van der Waals surface area contributed by atoms with Crippen LogP contribution in [0.1, 0.15) is 18.9 Å². The van der Waals surface area contributed by atoms with E-state index in [0.29, 0.717) is 12.3 Å². The molecule has 0 saturated heterocycles. The molecule has 1 unspecified atom stereocenters. The summed E-state index contributed by atoms with van der Waals surface area (Å²) in [5, 5.41) is 7.75. The Bertz CT molecular complexity index is 534. The molecule has 0 spiro atoms. The second-order valence-electron chi connectivity index (χ2n) is 3.81. The topological polar surface area (TPSA) is 79.2 Å². The second-order valence-corrected chi connectivity index (χ2v) is 5.67. The Morgan fingerprint density at radius 3 is 2.78 bits per heavy atom. The van der Waals surface area contributed by atoms with Crippen molar-refractivity contribution in [2.24, 2.45) is 0 Å². The van der Waals surface area contributed by atoms with E-state index in [1.54, 1.807) is 38.3 Å². The lowest BCUT2D eigenvalue weighted by molar-refractivity contribution is 0.185. The third-order valence-electron chi connectivity index (χ3n) is 2.39. The molecule has 0 aliphatic heterocycles. The number of nitriles is 1. The van der Waals surface area contributed by atoms with Gasteiger partial charge in [0.05, 0.1) is 12.7 Å². The fourth-order valence-corrected chi connectivity index (χ4v) is 2.68. The van der Waals surface area contributed by atoms with Crippen molar-refractivity contribution in [2.75, 3.05) is 11.8 Å². The van der Waals surface area contributed by atoms with E-state index in [9.17, 15) is 8.42 Å². The molecule has 1 N–H and O–H groups in total. The van der Waals surface area contributed by atoms with Crippen molar-refractivity contribution in [1.82, 2.24) is 0 Å². The Balaban J connectivity index is 2.91. The minimum Gasteiger partial charge on any atom is -0.380 e. The molecule has 6 heteroatoms. The molecule has 0 bridgehead atoms. The summed E-state index contributed by atoms with van der Waals surface area (Å²) >= 11 is 0. The first kappa shape index (κ1) is 14.5. The van der Waals surface area contributed by atoms with Gasteiger partial charge in [-0.2, -0.15) is 5.26 Å². The summed E-state index contributed by atoms with van der Waals surface area (Å²) in [5.74, 6) is 0. The molecule has 1 aromatic rings. The highest BCUT2D eigenvalue weighted by atomic mass is 32.2. The van der Waals surface area contributed by atoms with Gasteiger partial charge in [0.2, 0.25) is 10.0 Å². The van der Waals surface area contributed by atoms with E-state index in [-0.39, 0.29) is 6.42 Å². The summed E-state index contributed by atoms with van der Waals surface area (Å²) in [5.41, 5.74) is 1.31. The van der Waals surface area contributed by atoms with Crippen molar-refractivity contribution >= 4 is 15.7 Å². The standard InChI is InChI=1S/C12H16N2O3S/c1-3-12(8-13)18(15,16)14-11-6-4-5-10(7-11)9-17-2/h4-7,12,14H,3,9H2,1-2H3. The van der Waals surface area contributed by atoms with Gasteiger partial charge in [0.1, 0.15) is 0 Å². The summed E-state index contributed by atoms with van der Waals surface area (Å²) in [6.45, 7) is 2.07. The number of hydrogen-bond acceptors (Lipinski definition) is 4. The second kappa shape index (κ2) is 6.38. The van der Waals surface area contributed by atoms with Crippen molar-refractivity contribution < 1.29 is 13.2 Å². The van der Waals surface area contributed by atoms with E-state index in [1.807, 2.05) is 6.07 Å². The van der Waals surface area contributed by atoms with Crippen molar-refractivity contribution in [1.29, 1.82) is 5.26 Å². The largest absolute Gasteiger partial charge is 0.380 e. The quantitative estimate of drug-likeness (QED) is 0.854. The highest BCUT2D eigenvalue weighted by Crippen LogP contribution is 2.15. The van der Waals surface area contributed by atoms with Gasteiger partial charge in [-0.25, -0.2) is 8.42 Å². The van der Waals surface area contributed by atoms with Gasteiger partial charge in [0.15, 0.2) is 5.25 Å². The van der Waals surface area contributed by atoms with Crippen LogP contribution in [-0.2, 0) is 21.4 Å². The number of anilines is 1. The number of sulfonamides is 1. The fraction of sp³-hybridized carbons (Fsp3) is 0.417. The van der Waals surface area contributed by atoms with Crippen LogP contribution < -0.4 is 4.72 Å². The highest BCUT2D eigenvalue weighted by Gasteiger charge is 2.23. The van der Waals surface area contributed by atoms with Crippen LogP contribution in [0.2, 0.25) is 0 Å². The Hall–Kier alpha value is -1.58. The van der Waals surface area contributed by atoms with Crippen molar-refractivity contribution in [3.63, 3.8) is 0 Å². The maximum Gasteiger partial charge on any atom is 0.249 e. The molecule has 0 amide bonds. The molecule has 0 aliphatic rings. The van der Waals surface area contributed by atoms with Crippen molar-refractivity contribution in [2.45, 2.75) is 25.2 Å². The number of hydrogen-bond donors (Lipinski definition) is 1. The number of methoxy groups -OCH3 is 1. The molecule has 98 valence electrons. The number of nitrogens with one attached hydrogen (secondary N) is 1. The Morgan fingerprint density at radius 1 is 1.50 bits per heavy atom. The average Bonchev–Trinajstić information content (AvgIpc) is 2.30. The maximum absolute atomic E-state index is 11.9. The summed E-state index contributed by atoms with van der Waals surface area (Å²) in [4.78, 5) is 0. The molecule has 0 heterocycles. The van der Waals surface area contributed by atoms with Crippen LogP contribution in [0.4, 0.5) is 5.69 Å². The van der Waals surface area contributed by atoms with Crippen LogP contribution in [0, 0.1) is 11.3 Å². The van der Waals surface area contributed by atoms with Crippen molar-refractivity contribution in [3.8, 4) is 6.07 Å². The first-order chi connectivity index (χ1) is 8.53. The first-order valence-corrected chi connectivity index (χ1v) is 7.07. The lowest BCUT2D eigenvalue weighted by Crippen LogP contribution is -2.25. The Morgan fingerprint density at radius 2 is 2.22 bits per heavy atom. The molecular weight excluding hydrogens is 252 g/mol. The van der Waals surface area contributed by atoms with Crippen LogP contribution in [0.25, 0.3) is 0 Å². The van der Waals surface area contributed by atoms with Gasteiger partial charge in [-0.1, -0.05) is 19.1 Å². The van der Waals surface area contributed by atoms with Crippen LogP contribution in [0.3, 0.4) is 0 Å². The number of nitrogens with zero attached hydrogens (tertiary/aromatic N) is 1. The van der Waals surface area contributed by atoms with Crippen LogP contribution in [0.15, 0.2) is 24.3 Å².